The molecule has 4 nitrogen and oxygen atoms in total. The average molecular weight is 432 g/mol. The first kappa shape index (κ1) is 21.0. The fourth-order valence-electron chi connectivity index (χ4n) is 3.30. The van der Waals surface area contributed by atoms with Crippen LogP contribution < -0.4 is 0 Å². The smallest absolute Gasteiger partial charge is 0.195 e. The summed E-state index contributed by atoms with van der Waals surface area (Å²) in [6.45, 7) is 0. The molecule has 0 N–H and O–H groups in total. The van der Waals surface area contributed by atoms with Crippen molar-refractivity contribution in [2.24, 2.45) is 0 Å². The number of rotatable bonds is 9. The van der Waals surface area contributed by atoms with Gasteiger partial charge in [-0.25, -0.2) is 4.39 Å². The second-order valence-corrected chi connectivity index (χ2v) is 8.18. The first-order chi connectivity index (χ1) is 15.2. The first-order valence-corrected chi connectivity index (χ1v) is 11.1. The Balaban J connectivity index is 1.44. The van der Waals surface area contributed by atoms with Crippen molar-refractivity contribution in [3.05, 3.63) is 108 Å². The Kier molecular flexibility index (Phi) is 6.89. The number of carbonyl (C=O) groups is 1. The van der Waals surface area contributed by atoms with Crippen LogP contribution in [0.4, 0.5) is 4.39 Å². The van der Waals surface area contributed by atoms with Gasteiger partial charge in [-0.1, -0.05) is 60.3 Å². The summed E-state index contributed by atoms with van der Waals surface area (Å²) in [5.74, 6) is 1.30. The van der Waals surface area contributed by atoms with Crippen LogP contribution in [0.2, 0.25) is 0 Å². The number of nitrogens with zero attached hydrogens (tertiary/aromatic N) is 3. The molecule has 0 aliphatic heterocycles. The Morgan fingerprint density at radius 3 is 2.26 bits per heavy atom. The lowest BCUT2D eigenvalue weighted by Crippen LogP contribution is -2.04. The molecule has 0 fully saturated rings. The fourth-order valence-corrected chi connectivity index (χ4v) is 4.21. The lowest BCUT2D eigenvalue weighted by Gasteiger charge is -2.10. The average Bonchev–Trinajstić information content (AvgIpc) is 3.20. The number of Topliss-reactive ketones (excluding diaryl/α,β-unsaturated/α-hetero) is 1. The molecule has 0 bridgehead atoms. The Bertz CT molecular complexity index is 1130. The summed E-state index contributed by atoms with van der Waals surface area (Å²) in [4.78, 5) is 12.3. The van der Waals surface area contributed by atoms with Gasteiger partial charge in [0, 0.05) is 29.8 Å². The van der Waals surface area contributed by atoms with E-state index in [9.17, 15) is 9.18 Å². The fraction of sp³-hybridized carbons (Fsp3) is 0.160. The molecular weight excluding hydrogens is 409 g/mol. The Morgan fingerprint density at radius 1 is 0.871 bits per heavy atom. The molecule has 6 heteroatoms. The van der Waals surface area contributed by atoms with E-state index in [1.54, 1.807) is 11.8 Å². The summed E-state index contributed by atoms with van der Waals surface area (Å²) in [6, 6.07) is 26.0. The van der Waals surface area contributed by atoms with E-state index in [1.165, 1.54) is 29.8 Å². The van der Waals surface area contributed by atoms with E-state index in [2.05, 4.69) is 26.9 Å². The molecule has 0 amide bonds. The predicted molar refractivity (Wildman–Crippen MR) is 121 cm³/mol. The van der Waals surface area contributed by atoms with Crippen LogP contribution >= 0.6 is 11.8 Å². The molecule has 156 valence electrons. The second kappa shape index (κ2) is 10.2. The standard InChI is InChI=1S/C25H22FN3OS/c26-21-15-13-20(14-16-21)23(30)12-7-17-31-25-28-27-24(18-19-8-3-1-4-9-19)29(25)22-10-5-2-6-11-22/h1-6,8-11,13-16H,7,12,17-18H2. The highest BCUT2D eigenvalue weighted by molar-refractivity contribution is 7.99. The van der Waals surface area contributed by atoms with Crippen LogP contribution in [0.3, 0.4) is 0 Å². The highest BCUT2D eigenvalue weighted by atomic mass is 32.2. The number of thioether (sulfide) groups is 1. The van der Waals surface area contributed by atoms with E-state index in [1.807, 2.05) is 48.5 Å². The third kappa shape index (κ3) is 5.47. The lowest BCUT2D eigenvalue weighted by molar-refractivity contribution is 0.0982. The highest BCUT2D eigenvalue weighted by Crippen LogP contribution is 2.24. The van der Waals surface area contributed by atoms with Gasteiger partial charge >= 0.3 is 0 Å². The number of aromatic nitrogens is 3. The van der Waals surface area contributed by atoms with Crippen LogP contribution in [-0.2, 0) is 6.42 Å². The van der Waals surface area contributed by atoms with Crippen molar-refractivity contribution < 1.29 is 9.18 Å². The number of hydrogen-bond acceptors (Lipinski definition) is 4. The molecule has 0 aliphatic rings. The Morgan fingerprint density at radius 2 is 1.55 bits per heavy atom. The number of benzene rings is 3. The van der Waals surface area contributed by atoms with Gasteiger partial charge in [0.15, 0.2) is 10.9 Å². The maximum absolute atomic E-state index is 13.0. The zero-order chi connectivity index (χ0) is 21.5. The van der Waals surface area contributed by atoms with E-state index < -0.39 is 0 Å². The van der Waals surface area contributed by atoms with E-state index in [4.69, 9.17) is 0 Å². The molecule has 4 aromatic rings. The molecule has 0 saturated heterocycles. The zero-order valence-electron chi connectivity index (χ0n) is 16.9. The number of para-hydroxylation sites is 1. The quantitative estimate of drug-likeness (QED) is 0.192. The highest BCUT2D eigenvalue weighted by Gasteiger charge is 2.15. The number of hydrogen-bond donors (Lipinski definition) is 0. The minimum atomic E-state index is -0.335. The van der Waals surface area contributed by atoms with Gasteiger partial charge in [0.25, 0.3) is 0 Å². The van der Waals surface area contributed by atoms with E-state index >= 15 is 0 Å². The third-order valence-corrected chi connectivity index (χ3v) is 5.88. The maximum Gasteiger partial charge on any atom is 0.195 e. The van der Waals surface area contributed by atoms with Gasteiger partial charge in [-0.2, -0.15) is 0 Å². The van der Waals surface area contributed by atoms with Crippen LogP contribution in [-0.4, -0.2) is 26.3 Å². The zero-order valence-corrected chi connectivity index (χ0v) is 17.8. The minimum absolute atomic E-state index is 0.0230. The van der Waals surface area contributed by atoms with Crippen molar-refractivity contribution in [2.45, 2.75) is 24.4 Å². The van der Waals surface area contributed by atoms with E-state index in [-0.39, 0.29) is 11.6 Å². The monoisotopic (exact) mass is 431 g/mol. The Hall–Kier alpha value is -3.25. The summed E-state index contributed by atoms with van der Waals surface area (Å²) in [7, 11) is 0. The van der Waals surface area contributed by atoms with Crippen LogP contribution in [0.25, 0.3) is 5.69 Å². The largest absolute Gasteiger partial charge is 0.294 e. The molecule has 0 radical (unpaired) electrons. The van der Waals surface area contributed by atoms with Crippen molar-refractivity contribution in [3.8, 4) is 5.69 Å². The SMILES string of the molecule is O=C(CCCSc1nnc(Cc2ccccc2)n1-c1ccccc1)c1ccc(F)cc1. The van der Waals surface area contributed by atoms with Crippen molar-refractivity contribution in [1.29, 1.82) is 0 Å². The molecule has 0 saturated carbocycles. The molecule has 31 heavy (non-hydrogen) atoms. The molecule has 1 aromatic heterocycles. The van der Waals surface area contributed by atoms with E-state index in [0.29, 0.717) is 24.8 Å². The Labute approximate surface area is 185 Å². The van der Waals surface area contributed by atoms with Crippen LogP contribution in [0, 0.1) is 5.82 Å². The predicted octanol–water partition coefficient (Wildman–Crippen LogP) is 5.75. The van der Waals surface area contributed by atoms with Gasteiger partial charge < -0.3 is 0 Å². The molecule has 0 spiro atoms. The van der Waals surface area contributed by atoms with E-state index in [0.717, 1.165) is 22.4 Å². The summed E-state index contributed by atoms with van der Waals surface area (Å²) in [6.07, 6.45) is 1.80. The number of halogens is 1. The number of ketones is 1. The molecule has 4 rings (SSSR count). The van der Waals surface area contributed by atoms with Gasteiger partial charge in [-0.3, -0.25) is 9.36 Å². The van der Waals surface area contributed by atoms with Crippen LogP contribution in [0.5, 0.6) is 0 Å². The van der Waals surface area contributed by atoms with Crippen molar-refractivity contribution in [2.75, 3.05) is 5.75 Å². The summed E-state index contributed by atoms with van der Waals surface area (Å²) in [5.41, 5.74) is 2.74. The number of carbonyl (C=O) groups excluding carboxylic acids is 1. The summed E-state index contributed by atoms with van der Waals surface area (Å²) >= 11 is 1.59. The first-order valence-electron chi connectivity index (χ1n) is 10.2. The molecule has 0 atom stereocenters. The van der Waals surface area contributed by atoms with Gasteiger partial charge in [-0.15, -0.1) is 10.2 Å². The van der Waals surface area contributed by atoms with Crippen molar-refractivity contribution in [3.63, 3.8) is 0 Å². The molecule has 1 heterocycles. The molecular formula is C25H22FN3OS. The summed E-state index contributed by atoms with van der Waals surface area (Å²) in [5, 5.41) is 9.68. The minimum Gasteiger partial charge on any atom is -0.294 e. The third-order valence-electron chi connectivity index (χ3n) is 4.87. The molecule has 0 unspecified atom stereocenters. The maximum atomic E-state index is 13.0. The van der Waals surface area contributed by atoms with Gasteiger partial charge in [0.2, 0.25) is 0 Å². The van der Waals surface area contributed by atoms with Gasteiger partial charge in [-0.05, 0) is 48.4 Å². The van der Waals surface area contributed by atoms with Crippen molar-refractivity contribution in [1.82, 2.24) is 14.8 Å². The molecule has 3 aromatic carbocycles. The lowest BCUT2D eigenvalue weighted by atomic mass is 10.1. The van der Waals surface area contributed by atoms with Crippen LogP contribution in [0.15, 0.2) is 90.1 Å². The van der Waals surface area contributed by atoms with Gasteiger partial charge in [0.1, 0.15) is 11.6 Å². The normalized spacial score (nSPS) is 10.9. The van der Waals surface area contributed by atoms with Crippen molar-refractivity contribution >= 4 is 17.5 Å². The summed E-state index contributed by atoms with van der Waals surface area (Å²) < 4.78 is 15.1. The second-order valence-electron chi connectivity index (χ2n) is 7.11. The topological polar surface area (TPSA) is 47.8 Å². The van der Waals surface area contributed by atoms with Gasteiger partial charge in [0.05, 0.1) is 0 Å². The molecule has 0 aliphatic carbocycles. The van der Waals surface area contributed by atoms with Crippen LogP contribution in [0.1, 0.15) is 34.6 Å².